The summed E-state index contributed by atoms with van der Waals surface area (Å²) in [7, 11) is 1.53. The molecule has 0 atom stereocenters. The highest BCUT2D eigenvalue weighted by atomic mass is 35.5. The number of nitrogens with zero attached hydrogens (tertiary/aromatic N) is 1. The van der Waals surface area contributed by atoms with Crippen LogP contribution in [0.1, 0.15) is 0 Å². The molecule has 0 N–H and O–H groups in total. The molecule has 2 nitrogen and oxygen atoms in total. The van der Waals surface area contributed by atoms with Gasteiger partial charge in [0.15, 0.2) is 0 Å². The summed E-state index contributed by atoms with van der Waals surface area (Å²) in [6.45, 7) is 0. The molecule has 0 bridgehead atoms. The van der Waals surface area contributed by atoms with E-state index in [9.17, 15) is 0 Å². The van der Waals surface area contributed by atoms with E-state index in [1.54, 1.807) is 29.1 Å². The van der Waals surface area contributed by atoms with E-state index >= 15 is 0 Å². The predicted molar refractivity (Wildman–Crippen MR) is 72.4 cm³/mol. The zero-order valence-corrected chi connectivity index (χ0v) is 11.7. The molecule has 0 aliphatic heterocycles. The second-order valence-electron chi connectivity index (χ2n) is 3.27. The molecule has 1 heterocycles. The van der Waals surface area contributed by atoms with Gasteiger partial charge < -0.3 is 9.30 Å². The number of halogens is 4. The number of aromatic nitrogens is 1. The quantitative estimate of drug-likeness (QED) is 0.704. The van der Waals surface area contributed by atoms with Crippen molar-refractivity contribution in [2.45, 2.75) is 0 Å². The molecule has 6 heteroatoms. The van der Waals surface area contributed by atoms with Crippen LogP contribution in [0.4, 0.5) is 0 Å². The zero-order chi connectivity index (χ0) is 12.6. The van der Waals surface area contributed by atoms with Crippen molar-refractivity contribution in [3.8, 4) is 11.4 Å². The lowest BCUT2D eigenvalue weighted by Crippen LogP contribution is -1.97. The molecular formula is C11H7Cl4NO. The second kappa shape index (κ2) is 4.99. The molecule has 90 valence electrons. The standard InChI is InChI=1S/C11H7Cl4NO/c1-17-8-4-7(13)9(14)10(15)11(8)16-3-2-6(12)5-16/h2-5H,1H3. The van der Waals surface area contributed by atoms with Crippen LogP contribution in [0, 0.1) is 0 Å². The van der Waals surface area contributed by atoms with Gasteiger partial charge in [0, 0.05) is 18.5 Å². The number of rotatable bonds is 2. The van der Waals surface area contributed by atoms with E-state index in [1.807, 2.05) is 0 Å². The highest BCUT2D eigenvalue weighted by molar-refractivity contribution is 6.49. The average molecular weight is 311 g/mol. The third kappa shape index (κ3) is 2.36. The van der Waals surface area contributed by atoms with E-state index in [0.717, 1.165) is 0 Å². The van der Waals surface area contributed by atoms with Crippen LogP contribution in [-0.2, 0) is 0 Å². The summed E-state index contributed by atoms with van der Waals surface area (Å²) in [5, 5.41) is 1.54. The van der Waals surface area contributed by atoms with Gasteiger partial charge in [-0.15, -0.1) is 0 Å². The van der Waals surface area contributed by atoms with Gasteiger partial charge in [0.05, 0.1) is 27.2 Å². The van der Waals surface area contributed by atoms with Gasteiger partial charge in [0.2, 0.25) is 0 Å². The number of methoxy groups -OCH3 is 1. The average Bonchev–Trinajstić information content (AvgIpc) is 2.71. The fourth-order valence-electron chi connectivity index (χ4n) is 1.47. The van der Waals surface area contributed by atoms with E-state index in [2.05, 4.69) is 0 Å². The van der Waals surface area contributed by atoms with Gasteiger partial charge in [0.1, 0.15) is 11.4 Å². The van der Waals surface area contributed by atoms with Crippen molar-refractivity contribution in [2.24, 2.45) is 0 Å². The largest absolute Gasteiger partial charge is 0.494 e. The highest BCUT2D eigenvalue weighted by Crippen LogP contribution is 2.41. The van der Waals surface area contributed by atoms with Gasteiger partial charge in [-0.05, 0) is 6.07 Å². The lowest BCUT2D eigenvalue weighted by Gasteiger charge is -2.13. The first-order chi connectivity index (χ1) is 8.04. The molecule has 0 unspecified atom stereocenters. The summed E-state index contributed by atoms with van der Waals surface area (Å²) >= 11 is 24.0. The summed E-state index contributed by atoms with van der Waals surface area (Å²) in [5.74, 6) is 0.525. The maximum Gasteiger partial charge on any atom is 0.145 e. The minimum atomic E-state index is 0.286. The highest BCUT2D eigenvalue weighted by Gasteiger charge is 2.16. The first kappa shape index (κ1) is 12.9. The molecule has 0 radical (unpaired) electrons. The third-order valence-electron chi connectivity index (χ3n) is 2.24. The zero-order valence-electron chi connectivity index (χ0n) is 8.68. The van der Waals surface area contributed by atoms with Crippen LogP contribution in [0.15, 0.2) is 24.5 Å². The van der Waals surface area contributed by atoms with Crippen molar-refractivity contribution in [1.29, 1.82) is 0 Å². The molecule has 0 spiro atoms. The van der Waals surface area contributed by atoms with Crippen LogP contribution >= 0.6 is 46.4 Å². The molecule has 2 aromatic rings. The Labute approximate surface area is 119 Å². The molecular weight excluding hydrogens is 304 g/mol. The Balaban J connectivity index is 2.71. The number of ether oxygens (including phenoxy) is 1. The number of benzene rings is 1. The smallest absolute Gasteiger partial charge is 0.145 e. The lowest BCUT2D eigenvalue weighted by atomic mass is 10.3. The molecule has 0 saturated heterocycles. The Morgan fingerprint density at radius 1 is 1.12 bits per heavy atom. The summed E-state index contributed by atoms with van der Waals surface area (Å²) < 4.78 is 6.96. The van der Waals surface area contributed by atoms with Crippen molar-refractivity contribution in [3.63, 3.8) is 0 Å². The van der Waals surface area contributed by atoms with Gasteiger partial charge in [-0.1, -0.05) is 46.4 Å². The van der Waals surface area contributed by atoms with Gasteiger partial charge in [0.25, 0.3) is 0 Å². The van der Waals surface area contributed by atoms with Crippen LogP contribution in [0.25, 0.3) is 5.69 Å². The molecule has 1 aromatic carbocycles. The lowest BCUT2D eigenvalue weighted by molar-refractivity contribution is 0.413. The minimum absolute atomic E-state index is 0.286. The van der Waals surface area contributed by atoms with Gasteiger partial charge >= 0.3 is 0 Å². The van der Waals surface area contributed by atoms with E-state index in [-0.39, 0.29) is 5.02 Å². The molecule has 0 aliphatic rings. The summed E-state index contributed by atoms with van der Waals surface area (Å²) in [5.41, 5.74) is 0.607. The molecule has 0 fully saturated rings. The van der Waals surface area contributed by atoms with E-state index in [1.165, 1.54) is 7.11 Å². The Hall–Kier alpha value is -0.540. The maximum absolute atomic E-state index is 6.17. The van der Waals surface area contributed by atoms with Crippen LogP contribution in [-0.4, -0.2) is 11.7 Å². The fraction of sp³-hybridized carbons (Fsp3) is 0.0909. The first-order valence-electron chi connectivity index (χ1n) is 4.60. The fourth-order valence-corrected chi connectivity index (χ4v) is 2.31. The predicted octanol–water partition coefficient (Wildman–Crippen LogP) is 5.10. The van der Waals surface area contributed by atoms with Crippen molar-refractivity contribution in [1.82, 2.24) is 4.57 Å². The monoisotopic (exact) mass is 309 g/mol. The van der Waals surface area contributed by atoms with E-state index < -0.39 is 0 Å². The molecule has 1 aromatic heterocycles. The topological polar surface area (TPSA) is 14.2 Å². The van der Waals surface area contributed by atoms with Crippen LogP contribution < -0.4 is 4.74 Å². The Morgan fingerprint density at radius 2 is 1.82 bits per heavy atom. The van der Waals surface area contributed by atoms with Crippen LogP contribution in [0.2, 0.25) is 20.1 Å². The molecule has 17 heavy (non-hydrogen) atoms. The molecule has 0 saturated carbocycles. The molecule has 0 aliphatic carbocycles. The Morgan fingerprint density at radius 3 is 2.35 bits per heavy atom. The SMILES string of the molecule is COc1cc(Cl)c(Cl)c(Cl)c1-n1ccc(Cl)c1. The Bertz CT molecular complexity index is 565. The second-order valence-corrected chi connectivity index (χ2v) is 4.87. The van der Waals surface area contributed by atoms with Crippen molar-refractivity contribution in [2.75, 3.05) is 7.11 Å². The maximum atomic E-state index is 6.17. The first-order valence-corrected chi connectivity index (χ1v) is 6.11. The van der Waals surface area contributed by atoms with E-state index in [4.69, 9.17) is 51.1 Å². The third-order valence-corrected chi connectivity index (χ3v) is 3.71. The van der Waals surface area contributed by atoms with Crippen molar-refractivity contribution < 1.29 is 4.74 Å². The van der Waals surface area contributed by atoms with Gasteiger partial charge in [-0.2, -0.15) is 0 Å². The van der Waals surface area contributed by atoms with Crippen molar-refractivity contribution in [3.05, 3.63) is 44.6 Å². The van der Waals surface area contributed by atoms with Crippen molar-refractivity contribution >= 4 is 46.4 Å². The Kier molecular flexibility index (Phi) is 3.79. The molecule has 2 rings (SSSR count). The normalized spacial score (nSPS) is 10.6. The molecule has 0 amide bonds. The van der Waals surface area contributed by atoms with Gasteiger partial charge in [-0.25, -0.2) is 0 Å². The minimum Gasteiger partial charge on any atom is -0.494 e. The van der Waals surface area contributed by atoms with Crippen LogP contribution in [0.5, 0.6) is 5.75 Å². The summed E-state index contributed by atoms with van der Waals surface area (Å²) in [4.78, 5) is 0. The van der Waals surface area contributed by atoms with Crippen LogP contribution in [0.3, 0.4) is 0 Å². The van der Waals surface area contributed by atoms with E-state index in [0.29, 0.717) is 26.5 Å². The number of hydrogen-bond acceptors (Lipinski definition) is 1. The summed E-state index contributed by atoms with van der Waals surface area (Å²) in [6.07, 6.45) is 3.46. The van der Waals surface area contributed by atoms with Gasteiger partial charge in [-0.3, -0.25) is 0 Å². The number of hydrogen-bond donors (Lipinski definition) is 0. The summed E-state index contributed by atoms with van der Waals surface area (Å²) in [6, 6.07) is 3.35.